The standard InChI is InChI=1S/C6H12N2O/c1-6(9)7-4-5-8(2)3/h4H,5H2,1-3H3/b7-4+. The van der Waals surface area contributed by atoms with E-state index < -0.39 is 0 Å². The molecule has 0 bridgehead atoms. The topological polar surface area (TPSA) is 32.7 Å². The molecule has 9 heavy (non-hydrogen) atoms. The van der Waals surface area contributed by atoms with E-state index in [1.54, 1.807) is 6.21 Å². The summed E-state index contributed by atoms with van der Waals surface area (Å²) in [6.07, 6.45) is 1.60. The van der Waals surface area contributed by atoms with Crippen LogP contribution in [-0.4, -0.2) is 37.7 Å². The zero-order valence-corrected chi connectivity index (χ0v) is 6.09. The van der Waals surface area contributed by atoms with E-state index in [2.05, 4.69) is 4.99 Å². The number of hydrogen-bond acceptors (Lipinski definition) is 2. The molecule has 0 aromatic rings. The Hall–Kier alpha value is -0.700. The van der Waals surface area contributed by atoms with Crippen LogP contribution in [0.1, 0.15) is 6.92 Å². The lowest BCUT2D eigenvalue weighted by molar-refractivity contribution is -0.115. The molecule has 0 N–H and O–H groups in total. The molecule has 3 heteroatoms. The third-order valence-electron chi connectivity index (χ3n) is 0.720. The highest BCUT2D eigenvalue weighted by Crippen LogP contribution is 1.71. The van der Waals surface area contributed by atoms with Crippen LogP contribution in [0.4, 0.5) is 0 Å². The number of carbonyl (C=O) groups excluding carboxylic acids is 1. The smallest absolute Gasteiger partial charge is 0.242 e. The summed E-state index contributed by atoms with van der Waals surface area (Å²) >= 11 is 0. The zero-order chi connectivity index (χ0) is 7.28. The second-order valence-electron chi connectivity index (χ2n) is 2.09. The van der Waals surface area contributed by atoms with Gasteiger partial charge in [0.1, 0.15) is 0 Å². The Morgan fingerprint density at radius 3 is 2.56 bits per heavy atom. The van der Waals surface area contributed by atoms with Crippen molar-refractivity contribution in [3.63, 3.8) is 0 Å². The average Bonchev–Trinajstić information content (AvgIpc) is 1.63. The van der Waals surface area contributed by atoms with Crippen LogP contribution in [0.5, 0.6) is 0 Å². The van der Waals surface area contributed by atoms with E-state index in [0.717, 1.165) is 6.54 Å². The van der Waals surface area contributed by atoms with Crippen LogP contribution in [0, 0.1) is 0 Å². The molecule has 0 rings (SSSR count). The van der Waals surface area contributed by atoms with E-state index in [-0.39, 0.29) is 5.91 Å². The molecule has 0 aliphatic rings. The maximum atomic E-state index is 10.2. The molecular weight excluding hydrogens is 116 g/mol. The van der Waals surface area contributed by atoms with Crippen molar-refractivity contribution < 1.29 is 4.79 Å². The van der Waals surface area contributed by atoms with Crippen LogP contribution >= 0.6 is 0 Å². The van der Waals surface area contributed by atoms with Crippen LogP contribution < -0.4 is 0 Å². The summed E-state index contributed by atoms with van der Waals surface area (Å²) in [6.45, 7) is 2.16. The minimum absolute atomic E-state index is 0.142. The predicted molar refractivity (Wildman–Crippen MR) is 37.7 cm³/mol. The largest absolute Gasteiger partial charge is 0.304 e. The Morgan fingerprint density at radius 1 is 1.67 bits per heavy atom. The van der Waals surface area contributed by atoms with Crippen molar-refractivity contribution in [2.75, 3.05) is 20.6 Å². The summed E-state index contributed by atoms with van der Waals surface area (Å²) in [5.41, 5.74) is 0. The van der Waals surface area contributed by atoms with Gasteiger partial charge in [0.2, 0.25) is 5.91 Å². The van der Waals surface area contributed by atoms with Crippen molar-refractivity contribution >= 4 is 12.1 Å². The number of rotatable bonds is 2. The number of nitrogens with zero attached hydrogens (tertiary/aromatic N) is 2. The number of amides is 1. The molecule has 0 saturated carbocycles. The molecule has 0 unspecified atom stereocenters. The SMILES string of the molecule is CC(=O)/N=C/CN(C)C. The van der Waals surface area contributed by atoms with Gasteiger partial charge in [-0.2, -0.15) is 0 Å². The molecule has 0 fully saturated rings. The van der Waals surface area contributed by atoms with Gasteiger partial charge in [0.15, 0.2) is 0 Å². The molecule has 0 heterocycles. The van der Waals surface area contributed by atoms with Crippen LogP contribution in [0.25, 0.3) is 0 Å². The van der Waals surface area contributed by atoms with Crippen molar-refractivity contribution in [3.05, 3.63) is 0 Å². The van der Waals surface area contributed by atoms with Crippen LogP contribution in [0.2, 0.25) is 0 Å². The Bertz CT molecular complexity index is 118. The lowest BCUT2D eigenvalue weighted by atomic mass is 10.6. The molecule has 3 nitrogen and oxygen atoms in total. The maximum Gasteiger partial charge on any atom is 0.242 e. The first-order chi connectivity index (χ1) is 4.13. The summed E-state index contributed by atoms with van der Waals surface area (Å²) in [5, 5.41) is 0. The summed E-state index contributed by atoms with van der Waals surface area (Å²) in [6, 6.07) is 0. The summed E-state index contributed by atoms with van der Waals surface area (Å²) in [4.78, 5) is 15.7. The van der Waals surface area contributed by atoms with Crippen molar-refractivity contribution in [2.24, 2.45) is 4.99 Å². The quantitative estimate of drug-likeness (QED) is 0.496. The Kier molecular flexibility index (Phi) is 3.88. The Balaban J connectivity index is 3.36. The molecule has 0 radical (unpaired) electrons. The van der Waals surface area contributed by atoms with Crippen LogP contribution in [0.3, 0.4) is 0 Å². The van der Waals surface area contributed by atoms with Crippen molar-refractivity contribution in [3.8, 4) is 0 Å². The fraction of sp³-hybridized carbons (Fsp3) is 0.667. The first kappa shape index (κ1) is 8.30. The van der Waals surface area contributed by atoms with E-state index in [9.17, 15) is 4.79 Å². The second-order valence-corrected chi connectivity index (χ2v) is 2.09. The van der Waals surface area contributed by atoms with Gasteiger partial charge in [-0.15, -0.1) is 0 Å². The summed E-state index contributed by atoms with van der Waals surface area (Å²) in [7, 11) is 3.85. The van der Waals surface area contributed by atoms with E-state index in [0.29, 0.717) is 0 Å². The van der Waals surface area contributed by atoms with E-state index in [1.807, 2.05) is 19.0 Å². The van der Waals surface area contributed by atoms with Gasteiger partial charge in [0, 0.05) is 19.7 Å². The molecule has 52 valence electrons. The molecule has 0 spiro atoms. The van der Waals surface area contributed by atoms with E-state index in [4.69, 9.17) is 0 Å². The maximum absolute atomic E-state index is 10.2. The van der Waals surface area contributed by atoms with E-state index >= 15 is 0 Å². The zero-order valence-electron chi connectivity index (χ0n) is 6.09. The first-order valence-electron chi connectivity index (χ1n) is 2.80. The summed E-state index contributed by atoms with van der Waals surface area (Å²) < 4.78 is 0. The van der Waals surface area contributed by atoms with Gasteiger partial charge in [0.05, 0.1) is 0 Å². The van der Waals surface area contributed by atoms with Crippen molar-refractivity contribution in [1.82, 2.24) is 4.90 Å². The fourth-order valence-electron chi connectivity index (χ4n) is 0.333. The number of carbonyl (C=O) groups is 1. The lowest BCUT2D eigenvalue weighted by Gasteiger charge is -2.01. The minimum atomic E-state index is -0.142. The third kappa shape index (κ3) is 7.30. The fourth-order valence-corrected chi connectivity index (χ4v) is 0.333. The first-order valence-corrected chi connectivity index (χ1v) is 2.80. The van der Waals surface area contributed by atoms with Gasteiger partial charge in [-0.1, -0.05) is 0 Å². The van der Waals surface area contributed by atoms with Crippen molar-refractivity contribution in [2.45, 2.75) is 6.92 Å². The Labute approximate surface area is 55.4 Å². The van der Waals surface area contributed by atoms with Gasteiger partial charge >= 0.3 is 0 Å². The highest BCUT2D eigenvalue weighted by Gasteiger charge is 1.84. The molecule has 0 aliphatic heterocycles. The molecule has 0 aromatic heterocycles. The molecule has 0 saturated heterocycles. The Morgan fingerprint density at radius 2 is 2.22 bits per heavy atom. The average molecular weight is 128 g/mol. The highest BCUT2D eigenvalue weighted by atomic mass is 16.1. The monoisotopic (exact) mass is 128 g/mol. The van der Waals surface area contributed by atoms with Crippen molar-refractivity contribution in [1.29, 1.82) is 0 Å². The second kappa shape index (κ2) is 4.21. The molecule has 0 aromatic carbocycles. The molecular formula is C6H12N2O. The van der Waals surface area contributed by atoms with Crippen LogP contribution in [0.15, 0.2) is 4.99 Å². The van der Waals surface area contributed by atoms with E-state index in [1.165, 1.54) is 6.92 Å². The van der Waals surface area contributed by atoms with Gasteiger partial charge in [0.25, 0.3) is 0 Å². The normalized spacial score (nSPS) is 11.1. The number of hydrogen-bond donors (Lipinski definition) is 0. The van der Waals surface area contributed by atoms with Crippen LogP contribution in [-0.2, 0) is 4.79 Å². The predicted octanol–water partition coefficient (Wildman–Crippen LogP) is 0.165. The summed E-state index contributed by atoms with van der Waals surface area (Å²) in [5.74, 6) is -0.142. The highest BCUT2D eigenvalue weighted by molar-refractivity contribution is 5.83. The van der Waals surface area contributed by atoms with Gasteiger partial charge in [-0.25, -0.2) is 4.99 Å². The third-order valence-corrected chi connectivity index (χ3v) is 0.720. The minimum Gasteiger partial charge on any atom is -0.304 e. The number of aliphatic imine (C=N–C) groups is 1. The lowest BCUT2D eigenvalue weighted by Crippen LogP contribution is -2.14. The van der Waals surface area contributed by atoms with Gasteiger partial charge < -0.3 is 4.90 Å². The molecule has 0 aliphatic carbocycles. The van der Waals surface area contributed by atoms with Gasteiger partial charge in [-0.05, 0) is 14.1 Å². The van der Waals surface area contributed by atoms with Gasteiger partial charge in [-0.3, -0.25) is 4.79 Å². The molecule has 0 atom stereocenters. The molecule has 1 amide bonds.